The molecule has 7 nitrogen and oxygen atoms in total. The highest BCUT2D eigenvalue weighted by Crippen LogP contribution is 2.25. The van der Waals surface area contributed by atoms with Gasteiger partial charge in [-0.05, 0) is 29.7 Å². The Hall–Kier alpha value is -3.45. The lowest BCUT2D eigenvalue weighted by Crippen LogP contribution is -2.38. The third-order valence-corrected chi connectivity index (χ3v) is 4.20. The van der Waals surface area contributed by atoms with E-state index in [-0.39, 0.29) is 12.3 Å². The van der Waals surface area contributed by atoms with Crippen LogP contribution in [0.4, 0.5) is 5.88 Å². The number of carbonyl (C=O) groups is 1. The van der Waals surface area contributed by atoms with Gasteiger partial charge in [-0.1, -0.05) is 54.6 Å². The molecule has 1 aromatic heterocycles. The lowest BCUT2D eigenvalue weighted by atomic mass is 9.93. The number of amides is 1. The van der Waals surface area contributed by atoms with Gasteiger partial charge in [-0.3, -0.25) is 14.9 Å². The van der Waals surface area contributed by atoms with Gasteiger partial charge in [0, 0.05) is 0 Å². The van der Waals surface area contributed by atoms with Crippen LogP contribution in [0.3, 0.4) is 0 Å². The van der Waals surface area contributed by atoms with E-state index in [0.717, 1.165) is 17.2 Å². The fraction of sp³-hybridized carbons (Fsp3) is 0.150. The highest BCUT2D eigenvalue weighted by Gasteiger charge is 2.25. The summed E-state index contributed by atoms with van der Waals surface area (Å²) < 4.78 is 4.85. The normalized spacial score (nSPS) is 13.0. The number of nitrogens with zero attached hydrogens (tertiary/aromatic N) is 1. The Kier molecular flexibility index (Phi) is 5.05. The molecule has 2 aromatic carbocycles. The van der Waals surface area contributed by atoms with Crippen molar-refractivity contribution in [1.82, 2.24) is 5.32 Å². The Labute approximate surface area is 155 Å². The van der Waals surface area contributed by atoms with Crippen molar-refractivity contribution >= 4 is 11.8 Å². The van der Waals surface area contributed by atoms with Gasteiger partial charge in [-0.25, -0.2) is 0 Å². The molecule has 1 atom stereocenters. The van der Waals surface area contributed by atoms with E-state index in [9.17, 15) is 20.0 Å². The van der Waals surface area contributed by atoms with Gasteiger partial charge in [0.05, 0.1) is 12.6 Å². The second-order valence-electron chi connectivity index (χ2n) is 6.29. The van der Waals surface area contributed by atoms with Crippen LogP contribution in [0.2, 0.25) is 0 Å². The molecule has 0 bridgehead atoms. The van der Waals surface area contributed by atoms with Gasteiger partial charge in [0.25, 0.3) is 5.91 Å². The molecule has 1 heterocycles. The third-order valence-electron chi connectivity index (χ3n) is 4.20. The molecule has 1 unspecified atom stereocenters. The first-order valence-electron chi connectivity index (χ1n) is 8.27. The van der Waals surface area contributed by atoms with Crippen molar-refractivity contribution in [2.24, 2.45) is 0 Å². The number of carbonyl (C=O) groups excluding carboxylic acids is 1. The van der Waals surface area contributed by atoms with Crippen molar-refractivity contribution in [2.75, 3.05) is 6.54 Å². The molecule has 2 N–H and O–H groups in total. The van der Waals surface area contributed by atoms with Crippen molar-refractivity contribution in [1.29, 1.82) is 0 Å². The monoisotopic (exact) mass is 366 g/mol. The third kappa shape index (κ3) is 4.21. The first-order valence-corrected chi connectivity index (χ1v) is 8.27. The minimum atomic E-state index is -1.32. The zero-order valence-electron chi connectivity index (χ0n) is 14.6. The van der Waals surface area contributed by atoms with Crippen LogP contribution in [-0.4, -0.2) is 22.5 Å². The Bertz CT molecular complexity index is 946. The van der Waals surface area contributed by atoms with Crippen LogP contribution in [-0.2, 0) is 5.60 Å². The smallest absolute Gasteiger partial charge is 0.395 e. The Morgan fingerprint density at radius 2 is 1.70 bits per heavy atom. The minimum absolute atomic E-state index is 0.0784. The molecule has 0 fully saturated rings. The number of furan rings is 1. The van der Waals surface area contributed by atoms with Crippen LogP contribution < -0.4 is 5.32 Å². The topological polar surface area (TPSA) is 106 Å². The summed E-state index contributed by atoms with van der Waals surface area (Å²) in [5.74, 6) is -1.33. The quantitative estimate of drug-likeness (QED) is 0.513. The van der Waals surface area contributed by atoms with Gasteiger partial charge in [0.15, 0.2) is 5.76 Å². The largest absolute Gasteiger partial charge is 0.433 e. The second kappa shape index (κ2) is 7.43. The summed E-state index contributed by atoms with van der Waals surface area (Å²) in [7, 11) is 0. The fourth-order valence-electron chi connectivity index (χ4n) is 2.64. The van der Waals surface area contributed by atoms with Crippen molar-refractivity contribution < 1.29 is 19.2 Å². The minimum Gasteiger partial charge on any atom is -0.395 e. The maximum Gasteiger partial charge on any atom is 0.433 e. The Morgan fingerprint density at radius 3 is 2.30 bits per heavy atom. The summed E-state index contributed by atoms with van der Waals surface area (Å²) in [6.07, 6.45) is 0. The second-order valence-corrected chi connectivity index (χ2v) is 6.29. The van der Waals surface area contributed by atoms with E-state index in [1.54, 1.807) is 19.1 Å². The van der Waals surface area contributed by atoms with E-state index in [1.165, 1.54) is 6.07 Å². The number of hydrogen-bond acceptors (Lipinski definition) is 5. The molecule has 0 aliphatic rings. The van der Waals surface area contributed by atoms with Crippen LogP contribution in [0.15, 0.2) is 71.1 Å². The van der Waals surface area contributed by atoms with Crippen molar-refractivity contribution in [2.45, 2.75) is 12.5 Å². The van der Waals surface area contributed by atoms with E-state index in [4.69, 9.17) is 4.42 Å². The number of nitrogens with one attached hydrogen (secondary N) is 1. The molecular formula is C20H18N2O5. The van der Waals surface area contributed by atoms with Crippen molar-refractivity contribution in [3.63, 3.8) is 0 Å². The van der Waals surface area contributed by atoms with E-state index < -0.39 is 22.3 Å². The number of rotatable bonds is 6. The summed E-state index contributed by atoms with van der Waals surface area (Å²) in [5.41, 5.74) is 1.40. The van der Waals surface area contributed by atoms with Crippen LogP contribution in [0.25, 0.3) is 11.1 Å². The summed E-state index contributed by atoms with van der Waals surface area (Å²) in [6, 6.07) is 19.6. The first kappa shape index (κ1) is 18.3. The molecule has 7 heteroatoms. The SMILES string of the molecule is CC(O)(CNC(=O)c1ccc([N+](=O)[O-])o1)c1ccc(-c2ccccc2)cc1. The first-order chi connectivity index (χ1) is 12.9. The van der Waals surface area contributed by atoms with E-state index in [2.05, 4.69) is 5.32 Å². The average molecular weight is 366 g/mol. The molecule has 0 saturated heterocycles. The summed E-state index contributed by atoms with van der Waals surface area (Å²) >= 11 is 0. The van der Waals surface area contributed by atoms with Crippen molar-refractivity contribution in [3.05, 3.63) is 88.2 Å². The van der Waals surface area contributed by atoms with E-state index in [1.807, 2.05) is 42.5 Å². The number of benzene rings is 2. The molecule has 3 aromatic rings. The van der Waals surface area contributed by atoms with Gasteiger partial charge < -0.3 is 14.8 Å². The predicted octanol–water partition coefficient (Wildman–Crippen LogP) is 3.49. The van der Waals surface area contributed by atoms with Crippen LogP contribution in [0, 0.1) is 10.1 Å². The average Bonchev–Trinajstić information content (AvgIpc) is 3.18. The van der Waals surface area contributed by atoms with Gasteiger partial charge in [-0.15, -0.1) is 0 Å². The van der Waals surface area contributed by atoms with E-state index in [0.29, 0.717) is 5.56 Å². The molecule has 0 saturated carbocycles. The highest BCUT2D eigenvalue weighted by atomic mass is 16.6. The van der Waals surface area contributed by atoms with Gasteiger partial charge in [-0.2, -0.15) is 0 Å². The lowest BCUT2D eigenvalue weighted by molar-refractivity contribution is -0.402. The standard InChI is InChI=1S/C20H18N2O5/c1-20(24,13-21-19(23)17-11-12-18(27-17)22(25)26)16-9-7-15(8-10-16)14-5-3-2-4-6-14/h2-12,24H,13H2,1H3,(H,21,23). The number of nitro groups is 1. The molecule has 0 aliphatic heterocycles. The maximum atomic E-state index is 12.1. The number of hydrogen-bond donors (Lipinski definition) is 2. The Balaban J connectivity index is 1.67. The number of aliphatic hydroxyl groups is 1. The summed E-state index contributed by atoms with van der Waals surface area (Å²) in [4.78, 5) is 21.9. The highest BCUT2D eigenvalue weighted by molar-refractivity contribution is 5.91. The van der Waals surface area contributed by atoms with Gasteiger partial charge in [0.2, 0.25) is 0 Å². The van der Waals surface area contributed by atoms with Crippen molar-refractivity contribution in [3.8, 4) is 11.1 Å². The predicted molar refractivity (Wildman–Crippen MR) is 99.1 cm³/mol. The van der Waals surface area contributed by atoms with E-state index >= 15 is 0 Å². The molecule has 0 aliphatic carbocycles. The van der Waals surface area contributed by atoms with Gasteiger partial charge in [0.1, 0.15) is 10.5 Å². The zero-order chi connectivity index (χ0) is 19.4. The summed E-state index contributed by atoms with van der Waals surface area (Å²) in [5, 5.41) is 23.8. The van der Waals surface area contributed by atoms with Crippen LogP contribution >= 0.6 is 0 Å². The molecule has 3 rings (SSSR count). The maximum absolute atomic E-state index is 12.1. The van der Waals surface area contributed by atoms with Crippen LogP contribution in [0.1, 0.15) is 23.0 Å². The molecule has 0 radical (unpaired) electrons. The molecular weight excluding hydrogens is 348 g/mol. The zero-order valence-corrected chi connectivity index (χ0v) is 14.6. The molecule has 0 spiro atoms. The molecule has 27 heavy (non-hydrogen) atoms. The molecule has 1 amide bonds. The summed E-state index contributed by atoms with van der Waals surface area (Å²) in [6.45, 7) is 1.50. The van der Waals surface area contributed by atoms with Crippen LogP contribution in [0.5, 0.6) is 0 Å². The fourth-order valence-corrected chi connectivity index (χ4v) is 2.64. The molecule has 138 valence electrons. The lowest BCUT2D eigenvalue weighted by Gasteiger charge is -2.24. The van der Waals surface area contributed by atoms with Gasteiger partial charge >= 0.3 is 5.88 Å². The Morgan fingerprint density at radius 1 is 1.07 bits per heavy atom.